The van der Waals surface area contributed by atoms with Crippen molar-refractivity contribution in [3.8, 4) is 0 Å². The fraction of sp³-hybridized carbons (Fsp3) is 0.231. The third-order valence-corrected chi connectivity index (χ3v) is 3.33. The van der Waals surface area contributed by atoms with Gasteiger partial charge in [0.1, 0.15) is 5.82 Å². The number of aryl methyl sites for hydroxylation is 1. The molecule has 0 saturated heterocycles. The second-order valence-corrected chi connectivity index (χ2v) is 5.17. The van der Waals surface area contributed by atoms with Gasteiger partial charge in [-0.3, -0.25) is 9.48 Å². The molecule has 0 saturated carbocycles. The van der Waals surface area contributed by atoms with Crippen LogP contribution in [-0.4, -0.2) is 27.6 Å². The first-order valence-electron chi connectivity index (χ1n) is 5.65. The van der Waals surface area contributed by atoms with E-state index >= 15 is 0 Å². The average molecular weight is 326 g/mol. The summed E-state index contributed by atoms with van der Waals surface area (Å²) in [4.78, 5) is 13.7. The first-order chi connectivity index (χ1) is 8.97. The predicted octanol–water partition coefficient (Wildman–Crippen LogP) is 2.59. The van der Waals surface area contributed by atoms with Gasteiger partial charge in [-0.05, 0) is 34.1 Å². The number of halogens is 2. The number of carbonyl (C=O) groups is 1. The summed E-state index contributed by atoms with van der Waals surface area (Å²) in [5, 5.41) is 4.04. The molecule has 0 N–H and O–H groups in total. The summed E-state index contributed by atoms with van der Waals surface area (Å²) in [6.45, 7) is 0.435. The summed E-state index contributed by atoms with van der Waals surface area (Å²) >= 11 is 3.06. The Bertz CT molecular complexity index is 612. The maximum Gasteiger partial charge on any atom is 0.254 e. The third kappa shape index (κ3) is 3.20. The largest absolute Gasteiger partial charge is 0.337 e. The molecule has 1 aromatic carbocycles. The topological polar surface area (TPSA) is 38.1 Å². The number of carbonyl (C=O) groups excluding carboxylic acids is 1. The molecule has 0 aliphatic heterocycles. The van der Waals surface area contributed by atoms with Crippen molar-refractivity contribution in [3.05, 3.63) is 52.0 Å². The molecule has 2 aromatic rings. The summed E-state index contributed by atoms with van der Waals surface area (Å²) < 4.78 is 15.4. The zero-order chi connectivity index (χ0) is 14.0. The minimum Gasteiger partial charge on any atom is -0.337 e. The number of amides is 1. The van der Waals surface area contributed by atoms with Gasteiger partial charge in [-0.2, -0.15) is 5.10 Å². The van der Waals surface area contributed by atoms with Crippen molar-refractivity contribution in [2.45, 2.75) is 6.54 Å². The van der Waals surface area contributed by atoms with E-state index in [0.29, 0.717) is 16.6 Å². The quantitative estimate of drug-likeness (QED) is 0.870. The summed E-state index contributed by atoms with van der Waals surface area (Å²) in [5.74, 6) is -0.670. The molecule has 0 fully saturated rings. The molecule has 0 bridgehead atoms. The predicted molar refractivity (Wildman–Crippen MR) is 73.1 cm³/mol. The summed E-state index contributed by atoms with van der Waals surface area (Å²) in [6.07, 6.45) is 3.54. The highest BCUT2D eigenvalue weighted by Gasteiger charge is 2.14. The number of hydrogen-bond acceptors (Lipinski definition) is 2. The van der Waals surface area contributed by atoms with Crippen LogP contribution in [0.15, 0.2) is 35.1 Å². The van der Waals surface area contributed by atoms with Gasteiger partial charge in [-0.25, -0.2) is 4.39 Å². The molecule has 0 aliphatic carbocycles. The molecule has 1 amide bonds. The molecule has 6 heteroatoms. The van der Waals surface area contributed by atoms with Gasteiger partial charge in [0, 0.05) is 38.0 Å². The Morgan fingerprint density at radius 3 is 2.84 bits per heavy atom. The molecule has 0 spiro atoms. The minimum absolute atomic E-state index is 0.227. The molecule has 0 aliphatic rings. The number of aromatic nitrogens is 2. The van der Waals surface area contributed by atoms with Gasteiger partial charge >= 0.3 is 0 Å². The van der Waals surface area contributed by atoms with E-state index in [1.54, 1.807) is 24.0 Å². The fourth-order valence-electron chi connectivity index (χ4n) is 1.75. The molecule has 100 valence electrons. The monoisotopic (exact) mass is 325 g/mol. The normalized spacial score (nSPS) is 10.5. The number of hydrogen-bond donors (Lipinski definition) is 0. The second kappa shape index (κ2) is 5.52. The first kappa shape index (κ1) is 13.7. The second-order valence-electron chi connectivity index (χ2n) is 4.31. The average Bonchev–Trinajstić information content (AvgIpc) is 2.77. The van der Waals surface area contributed by atoms with Crippen molar-refractivity contribution in [2.24, 2.45) is 7.05 Å². The Kier molecular flexibility index (Phi) is 3.99. The van der Waals surface area contributed by atoms with Crippen LogP contribution in [0.5, 0.6) is 0 Å². The Hall–Kier alpha value is -1.69. The SMILES string of the molecule is CN(Cc1cnn(C)c1)C(=O)c1ccc(Br)c(F)c1. The van der Waals surface area contributed by atoms with Gasteiger partial charge in [-0.15, -0.1) is 0 Å². The van der Waals surface area contributed by atoms with E-state index in [4.69, 9.17) is 0 Å². The van der Waals surface area contributed by atoms with E-state index in [1.807, 2.05) is 13.2 Å². The smallest absolute Gasteiger partial charge is 0.254 e. The van der Waals surface area contributed by atoms with Gasteiger partial charge in [0.2, 0.25) is 0 Å². The van der Waals surface area contributed by atoms with Crippen molar-refractivity contribution in [1.82, 2.24) is 14.7 Å². The van der Waals surface area contributed by atoms with Gasteiger partial charge in [0.05, 0.1) is 10.7 Å². The molecule has 1 heterocycles. The standard InChI is InChI=1S/C13H13BrFN3O/c1-17(7-9-6-16-18(2)8-9)13(19)10-3-4-11(14)12(15)5-10/h3-6,8H,7H2,1-2H3. The minimum atomic E-state index is -0.444. The van der Waals surface area contributed by atoms with Crippen molar-refractivity contribution >= 4 is 21.8 Å². The van der Waals surface area contributed by atoms with E-state index in [1.165, 1.54) is 17.0 Å². The molecule has 2 rings (SSSR count). The lowest BCUT2D eigenvalue weighted by atomic mass is 10.2. The molecular weight excluding hydrogens is 313 g/mol. The number of rotatable bonds is 3. The van der Waals surface area contributed by atoms with Gasteiger partial charge in [-0.1, -0.05) is 0 Å². The maximum atomic E-state index is 13.4. The lowest BCUT2D eigenvalue weighted by molar-refractivity contribution is 0.0784. The zero-order valence-electron chi connectivity index (χ0n) is 10.6. The lowest BCUT2D eigenvalue weighted by Gasteiger charge is -2.16. The highest BCUT2D eigenvalue weighted by atomic mass is 79.9. The van der Waals surface area contributed by atoms with Crippen LogP contribution in [0.25, 0.3) is 0 Å². The van der Waals surface area contributed by atoms with Crippen LogP contribution in [-0.2, 0) is 13.6 Å². The highest BCUT2D eigenvalue weighted by Crippen LogP contribution is 2.17. The molecule has 0 radical (unpaired) electrons. The Labute approximate surface area is 119 Å². The van der Waals surface area contributed by atoms with Crippen LogP contribution < -0.4 is 0 Å². The van der Waals surface area contributed by atoms with Crippen molar-refractivity contribution in [1.29, 1.82) is 0 Å². The zero-order valence-corrected chi connectivity index (χ0v) is 12.2. The first-order valence-corrected chi connectivity index (χ1v) is 6.44. The van der Waals surface area contributed by atoms with Crippen LogP contribution in [0.1, 0.15) is 15.9 Å². The van der Waals surface area contributed by atoms with E-state index in [-0.39, 0.29) is 5.91 Å². The summed E-state index contributed by atoms with van der Waals surface area (Å²) in [6, 6.07) is 4.35. The molecule has 0 unspecified atom stereocenters. The van der Waals surface area contributed by atoms with Crippen LogP contribution in [0.2, 0.25) is 0 Å². The van der Waals surface area contributed by atoms with Crippen LogP contribution in [0.4, 0.5) is 4.39 Å². The van der Waals surface area contributed by atoms with E-state index < -0.39 is 5.82 Å². The summed E-state index contributed by atoms with van der Waals surface area (Å²) in [5.41, 5.74) is 1.25. The van der Waals surface area contributed by atoms with Gasteiger partial charge < -0.3 is 4.90 Å². The Morgan fingerprint density at radius 2 is 2.26 bits per heavy atom. The van der Waals surface area contributed by atoms with Gasteiger partial charge in [0.15, 0.2) is 0 Å². The van der Waals surface area contributed by atoms with Crippen molar-refractivity contribution in [2.75, 3.05) is 7.05 Å². The third-order valence-electron chi connectivity index (χ3n) is 2.69. The lowest BCUT2D eigenvalue weighted by Crippen LogP contribution is -2.26. The van der Waals surface area contributed by atoms with Crippen molar-refractivity contribution < 1.29 is 9.18 Å². The number of nitrogens with zero attached hydrogens (tertiary/aromatic N) is 3. The van der Waals surface area contributed by atoms with Crippen LogP contribution in [0.3, 0.4) is 0 Å². The van der Waals surface area contributed by atoms with E-state index in [0.717, 1.165) is 5.56 Å². The molecule has 19 heavy (non-hydrogen) atoms. The van der Waals surface area contributed by atoms with Crippen LogP contribution >= 0.6 is 15.9 Å². The molecular formula is C13H13BrFN3O. The molecule has 1 aromatic heterocycles. The highest BCUT2D eigenvalue weighted by molar-refractivity contribution is 9.10. The molecule has 0 atom stereocenters. The Morgan fingerprint density at radius 1 is 1.53 bits per heavy atom. The van der Waals surface area contributed by atoms with E-state index in [9.17, 15) is 9.18 Å². The summed E-state index contributed by atoms with van der Waals surface area (Å²) in [7, 11) is 3.49. The van der Waals surface area contributed by atoms with Crippen LogP contribution in [0, 0.1) is 5.82 Å². The van der Waals surface area contributed by atoms with E-state index in [2.05, 4.69) is 21.0 Å². The maximum absolute atomic E-state index is 13.4. The Balaban J connectivity index is 2.12. The van der Waals surface area contributed by atoms with Crippen molar-refractivity contribution in [3.63, 3.8) is 0 Å². The fourth-order valence-corrected chi connectivity index (χ4v) is 2.00. The molecule has 4 nitrogen and oxygen atoms in total. The van der Waals surface area contributed by atoms with Gasteiger partial charge in [0.25, 0.3) is 5.91 Å². The number of benzene rings is 1.